The summed E-state index contributed by atoms with van der Waals surface area (Å²) in [6.07, 6.45) is 3.54. The van der Waals surface area contributed by atoms with Crippen molar-refractivity contribution in [1.82, 2.24) is 9.71 Å². The Kier molecular flexibility index (Phi) is 5.44. The summed E-state index contributed by atoms with van der Waals surface area (Å²) in [6, 6.07) is 2.98. The molecule has 11 heteroatoms. The van der Waals surface area contributed by atoms with Crippen molar-refractivity contribution in [2.45, 2.75) is 43.7 Å². The molecule has 4 bridgehead atoms. The van der Waals surface area contributed by atoms with Crippen LogP contribution in [0.2, 0.25) is 0 Å². The molecule has 2 heterocycles. The number of nitrogens with zero attached hydrogens (tertiary/aromatic N) is 1. The standard InChI is InChI=1S/C23H20F4N2O4S/c1-34(30,31)29-14-2-3-23(9-14)8-12-4-16(19(26)7-18(12)25)17-5-13(24)6-20(27)21(17)32-10-15-11-33-22(23)28-15/h4-7,11,14,29H,2-3,8-10H2,1H3/t14-,23+/m0/s1. The van der Waals surface area contributed by atoms with Gasteiger partial charge in [0.1, 0.15) is 36.0 Å². The Bertz CT molecular complexity index is 1390. The fraction of sp³-hybridized carbons (Fsp3) is 0.348. The average Bonchev–Trinajstić information content (AvgIpc) is 3.35. The summed E-state index contributed by atoms with van der Waals surface area (Å²) in [5.41, 5.74) is -0.918. The van der Waals surface area contributed by atoms with E-state index in [4.69, 9.17) is 9.15 Å². The predicted molar refractivity (Wildman–Crippen MR) is 114 cm³/mol. The molecule has 0 radical (unpaired) electrons. The van der Waals surface area contributed by atoms with Gasteiger partial charge in [0, 0.05) is 29.3 Å². The van der Waals surface area contributed by atoms with Gasteiger partial charge in [-0.1, -0.05) is 0 Å². The summed E-state index contributed by atoms with van der Waals surface area (Å²) in [7, 11) is -3.48. The topological polar surface area (TPSA) is 81.4 Å². The van der Waals surface area contributed by atoms with Crippen LogP contribution in [0.4, 0.5) is 17.6 Å². The first-order valence-corrected chi connectivity index (χ1v) is 12.4. The molecule has 1 saturated carbocycles. The molecule has 2 atom stereocenters. The monoisotopic (exact) mass is 496 g/mol. The molecule has 0 saturated heterocycles. The second-order valence-electron chi connectivity index (χ2n) is 8.91. The first-order valence-electron chi connectivity index (χ1n) is 10.6. The molecule has 34 heavy (non-hydrogen) atoms. The van der Waals surface area contributed by atoms with Crippen molar-refractivity contribution in [3.63, 3.8) is 0 Å². The van der Waals surface area contributed by atoms with E-state index < -0.39 is 50.5 Å². The number of sulfonamides is 1. The second-order valence-corrected chi connectivity index (χ2v) is 10.7. The molecule has 1 spiro atoms. The summed E-state index contributed by atoms with van der Waals surface area (Å²) in [5.74, 6) is -3.96. The number of halogens is 4. The van der Waals surface area contributed by atoms with Crippen LogP contribution < -0.4 is 9.46 Å². The van der Waals surface area contributed by atoms with E-state index in [-0.39, 0.29) is 42.0 Å². The van der Waals surface area contributed by atoms with Gasteiger partial charge in [-0.2, -0.15) is 0 Å². The zero-order valence-electron chi connectivity index (χ0n) is 18.0. The highest BCUT2D eigenvalue weighted by molar-refractivity contribution is 7.88. The molecule has 1 aromatic heterocycles. The molecule has 2 aromatic carbocycles. The van der Waals surface area contributed by atoms with Gasteiger partial charge in [0.2, 0.25) is 15.9 Å². The van der Waals surface area contributed by atoms with Crippen LogP contribution in [0.5, 0.6) is 5.75 Å². The summed E-state index contributed by atoms with van der Waals surface area (Å²) >= 11 is 0. The van der Waals surface area contributed by atoms with Gasteiger partial charge in [0.25, 0.3) is 0 Å². The lowest BCUT2D eigenvalue weighted by atomic mass is 9.79. The third kappa shape index (κ3) is 4.18. The Hall–Kier alpha value is -2.92. The van der Waals surface area contributed by atoms with Crippen LogP contribution >= 0.6 is 0 Å². The van der Waals surface area contributed by atoms with E-state index in [1.807, 2.05) is 0 Å². The zero-order chi connectivity index (χ0) is 24.3. The molecule has 6 nitrogen and oxygen atoms in total. The second kappa shape index (κ2) is 8.09. The smallest absolute Gasteiger partial charge is 0.208 e. The molecule has 2 aliphatic rings. The maximum atomic E-state index is 15.0. The van der Waals surface area contributed by atoms with E-state index in [9.17, 15) is 26.0 Å². The van der Waals surface area contributed by atoms with Gasteiger partial charge in [0.15, 0.2) is 11.6 Å². The summed E-state index contributed by atoms with van der Waals surface area (Å²) < 4.78 is 95.8. The predicted octanol–water partition coefficient (Wildman–Crippen LogP) is 4.37. The largest absolute Gasteiger partial charge is 0.483 e. The number of fused-ring (bicyclic) bond motifs is 7. The molecule has 1 aliphatic heterocycles. The Labute approximate surface area is 193 Å². The van der Waals surface area contributed by atoms with E-state index in [0.29, 0.717) is 30.7 Å². The molecular formula is C23H20F4N2O4S. The van der Waals surface area contributed by atoms with Gasteiger partial charge >= 0.3 is 0 Å². The first-order chi connectivity index (χ1) is 16.0. The third-order valence-corrected chi connectivity index (χ3v) is 7.08. The van der Waals surface area contributed by atoms with E-state index >= 15 is 0 Å². The number of benzene rings is 2. The van der Waals surface area contributed by atoms with Crippen molar-refractivity contribution >= 4 is 10.0 Å². The highest BCUT2D eigenvalue weighted by Gasteiger charge is 2.46. The van der Waals surface area contributed by atoms with Crippen molar-refractivity contribution < 1.29 is 35.1 Å². The van der Waals surface area contributed by atoms with Crippen LogP contribution in [0.1, 0.15) is 36.4 Å². The number of nitrogens with one attached hydrogen (secondary N) is 1. The van der Waals surface area contributed by atoms with Crippen molar-refractivity contribution in [2.24, 2.45) is 0 Å². The lowest BCUT2D eigenvalue weighted by molar-refractivity contribution is 0.285. The van der Waals surface area contributed by atoms with Crippen LogP contribution in [-0.4, -0.2) is 25.7 Å². The lowest BCUT2D eigenvalue weighted by Gasteiger charge is -2.27. The van der Waals surface area contributed by atoms with Crippen LogP contribution in [0.15, 0.2) is 34.9 Å². The number of hydrogen-bond donors (Lipinski definition) is 1. The average molecular weight is 496 g/mol. The summed E-state index contributed by atoms with van der Waals surface area (Å²) in [4.78, 5) is 4.46. The highest BCUT2D eigenvalue weighted by Crippen LogP contribution is 2.45. The summed E-state index contributed by atoms with van der Waals surface area (Å²) in [6.45, 7) is -0.240. The van der Waals surface area contributed by atoms with Crippen molar-refractivity contribution in [3.05, 3.63) is 70.9 Å². The first kappa shape index (κ1) is 22.9. The van der Waals surface area contributed by atoms with Gasteiger partial charge in [-0.25, -0.2) is 35.7 Å². The fourth-order valence-corrected chi connectivity index (χ4v) is 5.74. The van der Waals surface area contributed by atoms with Crippen LogP contribution in [-0.2, 0) is 28.5 Å². The van der Waals surface area contributed by atoms with Crippen molar-refractivity contribution in [3.8, 4) is 16.9 Å². The van der Waals surface area contributed by atoms with E-state index in [1.165, 1.54) is 12.3 Å². The Morgan fingerprint density at radius 1 is 1.06 bits per heavy atom. The Balaban J connectivity index is 1.67. The SMILES string of the molecule is CS(=O)(=O)N[C@H]1CC[C@@]2(Cc3cc(c(F)cc3F)-c3cc(F)cc(F)c3OCc3coc2n3)C1. The highest BCUT2D eigenvalue weighted by atomic mass is 32.2. The Morgan fingerprint density at radius 2 is 1.85 bits per heavy atom. The van der Waals surface area contributed by atoms with Crippen LogP contribution in [0.25, 0.3) is 11.1 Å². The molecule has 0 unspecified atom stereocenters. The van der Waals surface area contributed by atoms with Crippen molar-refractivity contribution in [1.29, 1.82) is 0 Å². The minimum atomic E-state index is -3.48. The zero-order valence-corrected chi connectivity index (χ0v) is 18.8. The molecule has 1 N–H and O–H groups in total. The minimum Gasteiger partial charge on any atom is -0.483 e. The fourth-order valence-electron chi connectivity index (χ4n) is 4.93. The number of aromatic nitrogens is 1. The molecule has 0 amide bonds. The normalized spacial score (nSPS) is 22.1. The molecule has 3 aromatic rings. The molecule has 180 valence electrons. The third-order valence-electron chi connectivity index (χ3n) is 6.32. The van der Waals surface area contributed by atoms with Gasteiger partial charge < -0.3 is 9.15 Å². The van der Waals surface area contributed by atoms with Crippen molar-refractivity contribution in [2.75, 3.05) is 6.26 Å². The number of rotatable bonds is 2. The van der Waals surface area contributed by atoms with E-state index in [0.717, 1.165) is 12.3 Å². The number of ether oxygens (including phenoxy) is 1. The molecule has 1 aliphatic carbocycles. The van der Waals surface area contributed by atoms with Gasteiger partial charge in [0.05, 0.1) is 11.7 Å². The molecule has 5 rings (SSSR count). The van der Waals surface area contributed by atoms with Crippen LogP contribution in [0.3, 0.4) is 0 Å². The van der Waals surface area contributed by atoms with Crippen LogP contribution in [0, 0.1) is 23.3 Å². The lowest BCUT2D eigenvalue weighted by Crippen LogP contribution is -2.35. The quantitative estimate of drug-likeness (QED) is 0.533. The number of hydrogen-bond acceptors (Lipinski definition) is 5. The molecular weight excluding hydrogens is 476 g/mol. The van der Waals surface area contributed by atoms with E-state index in [1.54, 1.807) is 0 Å². The van der Waals surface area contributed by atoms with Gasteiger partial charge in [-0.15, -0.1) is 0 Å². The van der Waals surface area contributed by atoms with E-state index in [2.05, 4.69) is 9.71 Å². The maximum Gasteiger partial charge on any atom is 0.208 e. The number of oxazole rings is 1. The maximum absolute atomic E-state index is 15.0. The minimum absolute atomic E-state index is 0.0159. The Morgan fingerprint density at radius 3 is 2.62 bits per heavy atom. The van der Waals surface area contributed by atoms with Gasteiger partial charge in [-0.3, -0.25) is 0 Å². The summed E-state index contributed by atoms with van der Waals surface area (Å²) in [5, 5.41) is 0. The molecule has 1 fully saturated rings. The van der Waals surface area contributed by atoms with Gasteiger partial charge in [-0.05, 0) is 43.4 Å².